The Kier molecular flexibility index (Phi) is 4.08. The fraction of sp³-hybridized carbons (Fsp3) is 0.412. The summed E-state index contributed by atoms with van der Waals surface area (Å²) in [6.45, 7) is 2.59. The van der Waals surface area contributed by atoms with E-state index in [1.54, 1.807) is 17.5 Å². The number of fused-ring (bicyclic) bond motifs is 1. The quantitative estimate of drug-likeness (QED) is 0.700. The molecule has 4 rings (SSSR count). The molecule has 126 valence electrons. The molecule has 0 bridgehead atoms. The Morgan fingerprint density at radius 1 is 1.46 bits per heavy atom. The molecule has 1 aliphatic carbocycles. The molecule has 5 nitrogen and oxygen atoms in total. The summed E-state index contributed by atoms with van der Waals surface area (Å²) >= 11 is 7.75. The number of nitrogens with two attached hydrogens (primary N) is 1. The van der Waals surface area contributed by atoms with Crippen molar-refractivity contribution in [1.82, 2.24) is 14.5 Å². The zero-order valence-electron chi connectivity index (χ0n) is 13.3. The molecule has 0 spiro atoms. The molecule has 0 saturated heterocycles. The van der Waals surface area contributed by atoms with E-state index in [1.807, 2.05) is 0 Å². The number of aromatic nitrogens is 3. The molecular formula is C17H19ClN4OS. The van der Waals surface area contributed by atoms with E-state index >= 15 is 0 Å². The summed E-state index contributed by atoms with van der Waals surface area (Å²) in [5, 5.41) is 13.6. The third-order valence-electron chi connectivity index (χ3n) is 4.87. The van der Waals surface area contributed by atoms with Gasteiger partial charge < -0.3 is 15.4 Å². The van der Waals surface area contributed by atoms with Gasteiger partial charge in [-0.05, 0) is 60.8 Å². The average Bonchev–Trinajstić information content (AvgIpc) is 3.23. The lowest BCUT2D eigenvalue weighted by Gasteiger charge is -2.13. The summed E-state index contributed by atoms with van der Waals surface area (Å²) in [7, 11) is 0. The molecule has 7 heteroatoms. The zero-order chi connectivity index (χ0) is 16.8. The summed E-state index contributed by atoms with van der Waals surface area (Å²) in [6.07, 6.45) is 5.10. The smallest absolute Gasteiger partial charge is 0.224 e. The first-order valence-electron chi connectivity index (χ1n) is 8.03. The Morgan fingerprint density at radius 3 is 2.96 bits per heavy atom. The van der Waals surface area contributed by atoms with Gasteiger partial charge >= 0.3 is 0 Å². The van der Waals surface area contributed by atoms with Gasteiger partial charge in [-0.3, -0.25) is 0 Å². The third kappa shape index (κ3) is 2.63. The maximum atomic E-state index is 10.2. The molecular weight excluding hydrogens is 344 g/mol. The van der Waals surface area contributed by atoms with Gasteiger partial charge in [0.15, 0.2) is 0 Å². The standard InChI is InChI=1S/C17H19ClN4OS/c1-9-2-15(24-8-9)13-7-22(11-3-10(5-19)14(23)4-11)16-12(13)6-20-17(18)21-16/h2,6-8,10-11,14,23H,3-5,19H2,1H3/t10-,11-,14+/m1/s1. The van der Waals surface area contributed by atoms with Crippen molar-refractivity contribution in [1.29, 1.82) is 0 Å². The van der Waals surface area contributed by atoms with Crippen molar-refractivity contribution < 1.29 is 5.11 Å². The highest BCUT2D eigenvalue weighted by Crippen LogP contribution is 2.40. The van der Waals surface area contributed by atoms with Gasteiger partial charge in [-0.15, -0.1) is 11.3 Å². The molecule has 3 heterocycles. The number of thiophene rings is 1. The van der Waals surface area contributed by atoms with Crippen LogP contribution in [0.15, 0.2) is 23.8 Å². The lowest BCUT2D eigenvalue weighted by molar-refractivity contribution is 0.135. The summed E-state index contributed by atoms with van der Waals surface area (Å²) in [6, 6.07) is 2.35. The Labute approximate surface area is 149 Å². The fourth-order valence-electron chi connectivity index (χ4n) is 3.61. The maximum Gasteiger partial charge on any atom is 0.224 e. The molecule has 0 aromatic carbocycles. The minimum atomic E-state index is -0.359. The minimum Gasteiger partial charge on any atom is -0.393 e. The monoisotopic (exact) mass is 362 g/mol. The summed E-state index contributed by atoms with van der Waals surface area (Å²) in [4.78, 5) is 9.81. The van der Waals surface area contributed by atoms with E-state index in [9.17, 15) is 5.11 Å². The Balaban J connectivity index is 1.85. The van der Waals surface area contributed by atoms with Crippen molar-refractivity contribution in [3.8, 4) is 10.4 Å². The topological polar surface area (TPSA) is 77.0 Å². The molecule has 0 aliphatic heterocycles. The van der Waals surface area contributed by atoms with Crippen LogP contribution < -0.4 is 5.73 Å². The molecule has 3 aromatic rings. The van der Waals surface area contributed by atoms with Gasteiger partial charge in [0.2, 0.25) is 5.28 Å². The van der Waals surface area contributed by atoms with Gasteiger partial charge in [-0.2, -0.15) is 4.98 Å². The lowest BCUT2D eigenvalue weighted by Crippen LogP contribution is -2.21. The van der Waals surface area contributed by atoms with E-state index in [0.717, 1.165) is 23.0 Å². The molecule has 1 fully saturated rings. The molecule has 0 unspecified atom stereocenters. The van der Waals surface area contributed by atoms with Crippen LogP contribution in [0.25, 0.3) is 21.5 Å². The third-order valence-corrected chi connectivity index (χ3v) is 6.13. The van der Waals surface area contributed by atoms with E-state index < -0.39 is 0 Å². The summed E-state index contributed by atoms with van der Waals surface area (Å²) in [5.41, 5.74) is 8.97. The van der Waals surface area contributed by atoms with Crippen LogP contribution in [-0.2, 0) is 0 Å². The number of aryl methyl sites for hydroxylation is 1. The van der Waals surface area contributed by atoms with Gasteiger partial charge in [0.25, 0.3) is 0 Å². The second-order valence-corrected chi connectivity index (χ2v) is 7.75. The van der Waals surface area contributed by atoms with Crippen molar-refractivity contribution in [2.75, 3.05) is 6.54 Å². The van der Waals surface area contributed by atoms with Gasteiger partial charge in [0, 0.05) is 34.3 Å². The van der Waals surface area contributed by atoms with Crippen LogP contribution in [0, 0.1) is 12.8 Å². The molecule has 3 atom stereocenters. The van der Waals surface area contributed by atoms with Gasteiger partial charge in [-0.25, -0.2) is 4.98 Å². The molecule has 3 aromatic heterocycles. The number of aliphatic hydroxyl groups is 1. The van der Waals surface area contributed by atoms with Crippen molar-refractivity contribution in [3.63, 3.8) is 0 Å². The number of hydrogen-bond donors (Lipinski definition) is 2. The first-order chi connectivity index (χ1) is 11.6. The van der Waals surface area contributed by atoms with E-state index in [4.69, 9.17) is 17.3 Å². The van der Waals surface area contributed by atoms with Crippen molar-refractivity contribution in [2.45, 2.75) is 31.9 Å². The maximum absolute atomic E-state index is 10.2. The lowest BCUT2D eigenvalue weighted by atomic mass is 10.1. The van der Waals surface area contributed by atoms with Crippen LogP contribution in [0.4, 0.5) is 0 Å². The number of nitrogens with zero attached hydrogens (tertiary/aromatic N) is 3. The Morgan fingerprint density at radius 2 is 2.29 bits per heavy atom. The minimum absolute atomic E-state index is 0.136. The molecule has 1 saturated carbocycles. The molecule has 0 radical (unpaired) electrons. The van der Waals surface area contributed by atoms with Crippen molar-refractivity contribution >= 4 is 34.0 Å². The second-order valence-electron chi connectivity index (χ2n) is 6.50. The predicted molar refractivity (Wildman–Crippen MR) is 97.4 cm³/mol. The summed E-state index contributed by atoms with van der Waals surface area (Å²) in [5.74, 6) is 0.136. The average molecular weight is 363 g/mol. The van der Waals surface area contributed by atoms with Crippen molar-refractivity contribution in [3.05, 3.63) is 34.7 Å². The first-order valence-corrected chi connectivity index (χ1v) is 9.29. The van der Waals surface area contributed by atoms with Crippen LogP contribution >= 0.6 is 22.9 Å². The first kappa shape index (κ1) is 16.0. The zero-order valence-corrected chi connectivity index (χ0v) is 14.9. The highest BCUT2D eigenvalue weighted by atomic mass is 35.5. The van der Waals surface area contributed by atoms with Crippen LogP contribution in [0.1, 0.15) is 24.4 Å². The predicted octanol–water partition coefficient (Wildman–Crippen LogP) is 3.39. The van der Waals surface area contributed by atoms with Gasteiger partial charge in [0.1, 0.15) is 5.65 Å². The van der Waals surface area contributed by atoms with Crippen molar-refractivity contribution in [2.24, 2.45) is 11.7 Å². The van der Waals surface area contributed by atoms with E-state index in [2.05, 4.69) is 39.1 Å². The van der Waals surface area contributed by atoms with Gasteiger partial charge in [0.05, 0.1) is 6.10 Å². The molecule has 0 amide bonds. The summed E-state index contributed by atoms with van der Waals surface area (Å²) < 4.78 is 2.14. The van der Waals surface area contributed by atoms with Crippen LogP contribution in [-0.4, -0.2) is 32.3 Å². The Bertz CT molecular complexity index is 890. The highest BCUT2D eigenvalue weighted by Gasteiger charge is 2.34. The van der Waals surface area contributed by atoms with Crippen LogP contribution in [0.5, 0.6) is 0 Å². The van der Waals surface area contributed by atoms with E-state index in [1.165, 1.54) is 10.4 Å². The number of halogens is 1. The van der Waals surface area contributed by atoms with E-state index in [0.29, 0.717) is 13.0 Å². The molecule has 24 heavy (non-hydrogen) atoms. The SMILES string of the molecule is Cc1csc(-c2cn([C@@H]3C[C@H](CN)[C@@H](O)C3)c3nc(Cl)ncc23)c1. The molecule has 1 aliphatic rings. The second kappa shape index (κ2) is 6.11. The largest absolute Gasteiger partial charge is 0.393 e. The van der Waals surface area contributed by atoms with Crippen LogP contribution in [0.2, 0.25) is 5.28 Å². The Hall–Kier alpha value is -1.47. The van der Waals surface area contributed by atoms with Crippen LogP contribution in [0.3, 0.4) is 0 Å². The van der Waals surface area contributed by atoms with E-state index in [-0.39, 0.29) is 23.3 Å². The van der Waals surface area contributed by atoms with Gasteiger partial charge in [-0.1, -0.05) is 0 Å². The number of hydrogen-bond acceptors (Lipinski definition) is 5. The fourth-order valence-corrected chi connectivity index (χ4v) is 4.66. The number of rotatable bonds is 3. The number of aliphatic hydroxyl groups excluding tert-OH is 1. The normalized spacial score (nSPS) is 24.1. The molecule has 3 N–H and O–H groups in total. The highest BCUT2D eigenvalue weighted by molar-refractivity contribution is 7.13.